The second-order valence-corrected chi connectivity index (χ2v) is 3.21. The predicted molar refractivity (Wildman–Crippen MR) is 54.8 cm³/mol. The molecule has 0 aliphatic carbocycles. The van der Waals surface area contributed by atoms with Gasteiger partial charge in [-0.1, -0.05) is 32.0 Å². The molecule has 1 aromatic rings. The predicted octanol–water partition coefficient (Wildman–Crippen LogP) is 3.55. The molecule has 66 valence electrons. The van der Waals surface area contributed by atoms with Gasteiger partial charge in [0.1, 0.15) is 0 Å². The van der Waals surface area contributed by atoms with Gasteiger partial charge in [0.2, 0.25) is 0 Å². The molecule has 0 N–H and O–H groups in total. The van der Waals surface area contributed by atoms with E-state index in [1.165, 1.54) is 16.7 Å². The van der Waals surface area contributed by atoms with E-state index in [2.05, 4.69) is 32.0 Å². The monoisotopic (exact) mass is 182 g/mol. The maximum Gasteiger partial charge on any atom is 0.0476 e. The van der Waals surface area contributed by atoms with E-state index in [1.54, 1.807) is 0 Å². The first-order chi connectivity index (χ1) is 5.81. The standard InChI is InChI=1S/C11H15Cl/c1-3-9-5-6-10(4-2)11(7-9)8-12/h5-7H,3-4,8H2,1-2H3. The Bertz CT molecular complexity index is 253. The van der Waals surface area contributed by atoms with Crippen LogP contribution in [-0.2, 0) is 18.7 Å². The molecule has 0 bridgehead atoms. The van der Waals surface area contributed by atoms with E-state index in [9.17, 15) is 0 Å². The number of hydrogen-bond donors (Lipinski definition) is 0. The van der Waals surface area contributed by atoms with Crippen molar-refractivity contribution >= 4 is 11.6 Å². The summed E-state index contributed by atoms with van der Waals surface area (Å²) in [6, 6.07) is 6.59. The third-order valence-corrected chi connectivity index (χ3v) is 2.49. The second-order valence-electron chi connectivity index (χ2n) is 2.94. The van der Waals surface area contributed by atoms with Crippen molar-refractivity contribution in [1.29, 1.82) is 0 Å². The number of aryl methyl sites for hydroxylation is 2. The summed E-state index contributed by atoms with van der Waals surface area (Å²) in [4.78, 5) is 0. The van der Waals surface area contributed by atoms with Crippen molar-refractivity contribution in [2.45, 2.75) is 32.6 Å². The lowest BCUT2D eigenvalue weighted by atomic mass is 10.0. The number of benzene rings is 1. The Kier molecular flexibility index (Phi) is 3.61. The van der Waals surface area contributed by atoms with E-state index in [4.69, 9.17) is 11.6 Å². The zero-order chi connectivity index (χ0) is 8.97. The van der Waals surface area contributed by atoms with Crippen LogP contribution in [0.3, 0.4) is 0 Å². The van der Waals surface area contributed by atoms with E-state index in [-0.39, 0.29) is 0 Å². The second kappa shape index (κ2) is 4.51. The van der Waals surface area contributed by atoms with Crippen molar-refractivity contribution in [2.75, 3.05) is 0 Å². The molecule has 0 atom stereocenters. The first-order valence-electron chi connectivity index (χ1n) is 4.48. The van der Waals surface area contributed by atoms with Crippen molar-refractivity contribution in [2.24, 2.45) is 0 Å². The van der Waals surface area contributed by atoms with Crippen LogP contribution in [0.1, 0.15) is 30.5 Å². The molecular formula is C11H15Cl. The minimum atomic E-state index is 0.636. The fraction of sp³-hybridized carbons (Fsp3) is 0.455. The average Bonchev–Trinajstić information content (AvgIpc) is 2.16. The fourth-order valence-electron chi connectivity index (χ4n) is 1.37. The SMILES string of the molecule is CCc1ccc(CC)c(CCl)c1. The van der Waals surface area contributed by atoms with Crippen LogP contribution in [0, 0.1) is 0 Å². The Balaban J connectivity index is 3.02. The molecule has 0 saturated carbocycles. The first-order valence-corrected chi connectivity index (χ1v) is 5.01. The molecule has 0 aliphatic rings. The molecule has 0 heterocycles. The Morgan fingerprint density at radius 2 is 1.83 bits per heavy atom. The molecule has 1 heteroatoms. The van der Waals surface area contributed by atoms with E-state index < -0.39 is 0 Å². The van der Waals surface area contributed by atoms with Gasteiger partial charge in [0, 0.05) is 5.88 Å². The van der Waals surface area contributed by atoms with Gasteiger partial charge in [-0.05, 0) is 29.5 Å². The molecule has 0 saturated heterocycles. The minimum Gasteiger partial charge on any atom is -0.122 e. The molecule has 0 fully saturated rings. The number of rotatable bonds is 3. The van der Waals surface area contributed by atoms with Crippen LogP contribution < -0.4 is 0 Å². The summed E-state index contributed by atoms with van der Waals surface area (Å²) < 4.78 is 0. The van der Waals surface area contributed by atoms with E-state index in [1.807, 2.05) is 0 Å². The summed E-state index contributed by atoms with van der Waals surface area (Å²) in [6.45, 7) is 4.33. The van der Waals surface area contributed by atoms with Gasteiger partial charge in [0.05, 0.1) is 0 Å². The molecule has 0 nitrogen and oxygen atoms in total. The Labute approximate surface area is 79.6 Å². The minimum absolute atomic E-state index is 0.636. The van der Waals surface area contributed by atoms with Gasteiger partial charge in [0.25, 0.3) is 0 Å². The van der Waals surface area contributed by atoms with Crippen LogP contribution in [-0.4, -0.2) is 0 Å². The lowest BCUT2D eigenvalue weighted by Crippen LogP contribution is -1.91. The van der Waals surface area contributed by atoms with Gasteiger partial charge in [-0.15, -0.1) is 11.6 Å². The lowest BCUT2D eigenvalue weighted by Gasteiger charge is -2.06. The largest absolute Gasteiger partial charge is 0.122 e. The zero-order valence-corrected chi connectivity index (χ0v) is 8.49. The topological polar surface area (TPSA) is 0 Å². The lowest BCUT2D eigenvalue weighted by molar-refractivity contribution is 1.07. The van der Waals surface area contributed by atoms with Crippen molar-refractivity contribution in [1.82, 2.24) is 0 Å². The van der Waals surface area contributed by atoms with Gasteiger partial charge in [-0.3, -0.25) is 0 Å². The Morgan fingerprint density at radius 3 is 2.33 bits per heavy atom. The van der Waals surface area contributed by atoms with Crippen LogP contribution in [0.5, 0.6) is 0 Å². The van der Waals surface area contributed by atoms with Gasteiger partial charge >= 0.3 is 0 Å². The Morgan fingerprint density at radius 1 is 1.08 bits per heavy atom. The van der Waals surface area contributed by atoms with Crippen LogP contribution in [0.15, 0.2) is 18.2 Å². The highest BCUT2D eigenvalue weighted by atomic mass is 35.5. The number of alkyl halides is 1. The van der Waals surface area contributed by atoms with Gasteiger partial charge in [-0.25, -0.2) is 0 Å². The number of hydrogen-bond acceptors (Lipinski definition) is 0. The van der Waals surface area contributed by atoms with Crippen molar-refractivity contribution in [3.63, 3.8) is 0 Å². The van der Waals surface area contributed by atoms with E-state index >= 15 is 0 Å². The highest BCUT2D eigenvalue weighted by Crippen LogP contribution is 2.15. The van der Waals surface area contributed by atoms with Crippen molar-refractivity contribution < 1.29 is 0 Å². The normalized spacial score (nSPS) is 10.2. The smallest absolute Gasteiger partial charge is 0.0476 e. The van der Waals surface area contributed by atoms with Crippen molar-refractivity contribution in [3.05, 3.63) is 34.9 Å². The van der Waals surface area contributed by atoms with Gasteiger partial charge in [0.15, 0.2) is 0 Å². The first kappa shape index (κ1) is 9.60. The molecule has 1 aromatic carbocycles. The summed E-state index contributed by atoms with van der Waals surface area (Å²) >= 11 is 5.84. The molecule has 12 heavy (non-hydrogen) atoms. The summed E-state index contributed by atoms with van der Waals surface area (Å²) in [7, 11) is 0. The molecule has 0 radical (unpaired) electrons. The average molecular weight is 183 g/mol. The summed E-state index contributed by atoms with van der Waals surface area (Å²) in [6.07, 6.45) is 2.17. The fourth-order valence-corrected chi connectivity index (χ4v) is 1.62. The molecule has 0 amide bonds. The van der Waals surface area contributed by atoms with Gasteiger partial charge < -0.3 is 0 Å². The summed E-state index contributed by atoms with van der Waals surface area (Å²) in [5.74, 6) is 0.636. The summed E-state index contributed by atoms with van der Waals surface area (Å²) in [5, 5.41) is 0. The van der Waals surface area contributed by atoms with Crippen molar-refractivity contribution in [3.8, 4) is 0 Å². The van der Waals surface area contributed by atoms with E-state index in [0.29, 0.717) is 5.88 Å². The molecule has 0 aliphatic heterocycles. The molecule has 0 aromatic heterocycles. The third kappa shape index (κ3) is 2.01. The number of halogens is 1. The molecule has 0 spiro atoms. The van der Waals surface area contributed by atoms with Crippen LogP contribution >= 0.6 is 11.6 Å². The maximum absolute atomic E-state index is 5.84. The molecular weight excluding hydrogens is 168 g/mol. The molecule has 1 rings (SSSR count). The highest BCUT2D eigenvalue weighted by molar-refractivity contribution is 6.17. The highest BCUT2D eigenvalue weighted by Gasteiger charge is 1.99. The quantitative estimate of drug-likeness (QED) is 0.628. The van der Waals surface area contributed by atoms with Crippen LogP contribution in [0.2, 0.25) is 0 Å². The van der Waals surface area contributed by atoms with E-state index in [0.717, 1.165) is 12.8 Å². The molecule has 0 unspecified atom stereocenters. The van der Waals surface area contributed by atoms with Gasteiger partial charge in [-0.2, -0.15) is 0 Å². The van der Waals surface area contributed by atoms with Crippen LogP contribution in [0.4, 0.5) is 0 Å². The zero-order valence-electron chi connectivity index (χ0n) is 7.73. The maximum atomic E-state index is 5.84. The summed E-state index contributed by atoms with van der Waals surface area (Å²) in [5.41, 5.74) is 4.04. The Hall–Kier alpha value is -0.490. The van der Waals surface area contributed by atoms with Crippen LogP contribution in [0.25, 0.3) is 0 Å². The third-order valence-electron chi connectivity index (χ3n) is 2.20.